The van der Waals surface area contributed by atoms with Crippen LogP contribution in [0.1, 0.15) is 60.9 Å². The highest BCUT2D eigenvalue weighted by Gasteiger charge is 2.18. The molecule has 5 nitrogen and oxygen atoms in total. The van der Waals surface area contributed by atoms with Crippen LogP contribution in [-0.4, -0.2) is 21.6 Å². The van der Waals surface area contributed by atoms with Crippen LogP contribution in [0.2, 0.25) is 0 Å². The molecule has 0 aliphatic rings. The van der Waals surface area contributed by atoms with Crippen molar-refractivity contribution in [3.63, 3.8) is 0 Å². The fourth-order valence-electron chi connectivity index (χ4n) is 2.74. The summed E-state index contributed by atoms with van der Waals surface area (Å²) >= 11 is 0. The zero-order chi connectivity index (χ0) is 18.6. The lowest BCUT2D eigenvalue weighted by atomic mass is 10.0. The van der Waals surface area contributed by atoms with E-state index in [1.807, 2.05) is 13.8 Å². The first-order valence-electron chi connectivity index (χ1n) is 8.83. The van der Waals surface area contributed by atoms with Gasteiger partial charge in [0.2, 0.25) is 5.91 Å². The second-order valence-corrected chi connectivity index (χ2v) is 6.78. The lowest BCUT2D eigenvalue weighted by Gasteiger charge is -2.07. The highest BCUT2D eigenvalue weighted by atomic mass is 16.2. The third kappa shape index (κ3) is 4.56. The van der Waals surface area contributed by atoms with Gasteiger partial charge in [-0.15, -0.1) is 0 Å². The predicted molar refractivity (Wildman–Crippen MR) is 100.0 cm³/mol. The van der Waals surface area contributed by atoms with Crippen LogP contribution >= 0.6 is 0 Å². The Bertz CT molecular complexity index is 758. The average molecular weight is 341 g/mol. The standard InChI is InChI=1S/C20H27N3O2/c1-6-19(24)21-17-10-8-16(9-11-17)20(25)23-15(5)18(14(4)22-23)12-7-13(2)3/h8-11,13H,6-7,12H2,1-5H3,(H,21,24). The Morgan fingerprint density at radius 2 is 1.80 bits per heavy atom. The molecule has 25 heavy (non-hydrogen) atoms. The Morgan fingerprint density at radius 3 is 2.36 bits per heavy atom. The second-order valence-electron chi connectivity index (χ2n) is 6.78. The van der Waals surface area contributed by atoms with Gasteiger partial charge in [-0.25, -0.2) is 4.68 Å². The minimum Gasteiger partial charge on any atom is -0.326 e. The maximum Gasteiger partial charge on any atom is 0.278 e. The third-order valence-electron chi connectivity index (χ3n) is 4.34. The number of amides is 1. The van der Waals surface area contributed by atoms with Gasteiger partial charge in [-0.1, -0.05) is 20.8 Å². The summed E-state index contributed by atoms with van der Waals surface area (Å²) in [7, 11) is 0. The first kappa shape index (κ1) is 18.9. The molecule has 0 fully saturated rings. The molecule has 0 aliphatic carbocycles. The zero-order valence-corrected chi connectivity index (χ0v) is 15.7. The molecule has 2 aromatic rings. The Morgan fingerprint density at radius 1 is 1.16 bits per heavy atom. The van der Waals surface area contributed by atoms with Gasteiger partial charge in [0.1, 0.15) is 0 Å². The molecule has 0 saturated carbocycles. The number of nitrogens with zero attached hydrogens (tertiary/aromatic N) is 2. The van der Waals surface area contributed by atoms with Gasteiger partial charge in [-0.3, -0.25) is 9.59 Å². The maximum absolute atomic E-state index is 12.8. The number of benzene rings is 1. The molecular weight excluding hydrogens is 314 g/mol. The Hall–Kier alpha value is -2.43. The lowest BCUT2D eigenvalue weighted by molar-refractivity contribution is -0.115. The number of aryl methyl sites for hydroxylation is 1. The summed E-state index contributed by atoms with van der Waals surface area (Å²) in [5.74, 6) is 0.418. The molecule has 0 aliphatic heterocycles. The normalized spacial score (nSPS) is 11.0. The van der Waals surface area contributed by atoms with E-state index in [1.54, 1.807) is 31.2 Å². The van der Waals surface area contributed by atoms with Crippen LogP contribution in [-0.2, 0) is 11.2 Å². The van der Waals surface area contributed by atoms with E-state index in [1.165, 1.54) is 4.68 Å². The van der Waals surface area contributed by atoms with Crippen molar-refractivity contribution in [2.24, 2.45) is 5.92 Å². The fraction of sp³-hybridized carbons (Fsp3) is 0.450. The van der Waals surface area contributed by atoms with Crippen molar-refractivity contribution in [2.45, 2.75) is 53.9 Å². The smallest absolute Gasteiger partial charge is 0.278 e. The molecule has 5 heteroatoms. The molecule has 0 saturated heterocycles. The summed E-state index contributed by atoms with van der Waals surface area (Å²) in [6, 6.07) is 6.92. The summed E-state index contributed by atoms with van der Waals surface area (Å²) in [5.41, 5.74) is 4.23. The van der Waals surface area contributed by atoms with Crippen LogP contribution in [0.4, 0.5) is 5.69 Å². The molecule has 1 amide bonds. The van der Waals surface area contributed by atoms with E-state index in [9.17, 15) is 9.59 Å². The minimum absolute atomic E-state index is 0.0487. The summed E-state index contributed by atoms with van der Waals surface area (Å²) in [5, 5.41) is 7.22. The van der Waals surface area contributed by atoms with Gasteiger partial charge in [-0.05, 0) is 62.4 Å². The summed E-state index contributed by atoms with van der Waals surface area (Å²) in [6.07, 6.45) is 2.43. The Kier molecular flexibility index (Phi) is 6.12. The van der Waals surface area contributed by atoms with E-state index in [4.69, 9.17) is 0 Å². The highest BCUT2D eigenvalue weighted by Crippen LogP contribution is 2.19. The van der Waals surface area contributed by atoms with E-state index >= 15 is 0 Å². The van der Waals surface area contributed by atoms with Crippen molar-refractivity contribution in [3.05, 3.63) is 46.8 Å². The molecule has 2 rings (SSSR count). The van der Waals surface area contributed by atoms with E-state index in [-0.39, 0.29) is 11.8 Å². The largest absolute Gasteiger partial charge is 0.326 e. The van der Waals surface area contributed by atoms with Gasteiger partial charge >= 0.3 is 0 Å². The van der Waals surface area contributed by atoms with E-state index < -0.39 is 0 Å². The van der Waals surface area contributed by atoms with Crippen LogP contribution in [0, 0.1) is 19.8 Å². The number of hydrogen-bond acceptors (Lipinski definition) is 3. The van der Waals surface area contributed by atoms with Gasteiger partial charge in [0, 0.05) is 23.4 Å². The molecule has 1 aromatic carbocycles. The average Bonchev–Trinajstić information content (AvgIpc) is 2.87. The number of anilines is 1. The van der Waals surface area contributed by atoms with Crippen molar-refractivity contribution < 1.29 is 9.59 Å². The van der Waals surface area contributed by atoms with Crippen molar-refractivity contribution in [1.29, 1.82) is 0 Å². The predicted octanol–water partition coefficient (Wildman–Crippen LogP) is 4.13. The van der Waals surface area contributed by atoms with Gasteiger partial charge in [0.25, 0.3) is 5.91 Å². The zero-order valence-electron chi connectivity index (χ0n) is 15.7. The molecule has 1 aromatic heterocycles. The number of carbonyl (C=O) groups excluding carboxylic acids is 2. The highest BCUT2D eigenvalue weighted by molar-refractivity contribution is 5.97. The van der Waals surface area contributed by atoms with Crippen molar-refractivity contribution in [2.75, 3.05) is 5.32 Å². The monoisotopic (exact) mass is 341 g/mol. The number of aromatic nitrogens is 2. The van der Waals surface area contributed by atoms with Crippen molar-refractivity contribution in [1.82, 2.24) is 9.78 Å². The first-order chi connectivity index (χ1) is 11.8. The van der Waals surface area contributed by atoms with Gasteiger partial charge in [0.05, 0.1) is 5.69 Å². The van der Waals surface area contributed by atoms with Crippen LogP contribution in [0.15, 0.2) is 24.3 Å². The van der Waals surface area contributed by atoms with E-state index in [2.05, 4.69) is 24.3 Å². The molecule has 134 valence electrons. The first-order valence-corrected chi connectivity index (χ1v) is 8.83. The van der Waals surface area contributed by atoms with Crippen molar-refractivity contribution >= 4 is 17.5 Å². The van der Waals surface area contributed by atoms with Crippen LogP contribution < -0.4 is 5.32 Å². The van der Waals surface area contributed by atoms with Crippen LogP contribution in [0.25, 0.3) is 0 Å². The number of hydrogen-bond donors (Lipinski definition) is 1. The molecule has 0 spiro atoms. The maximum atomic E-state index is 12.8. The summed E-state index contributed by atoms with van der Waals surface area (Å²) in [6.45, 7) is 10.1. The number of rotatable bonds is 6. The van der Waals surface area contributed by atoms with E-state index in [0.29, 0.717) is 23.6 Å². The van der Waals surface area contributed by atoms with Crippen molar-refractivity contribution in [3.8, 4) is 0 Å². The Labute approximate surface area is 149 Å². The lowest BCUT2D eigenvalue weighted by Crippen LogP contribution is -2.16. The molecule has 1 heterocycles. The number of carbonyl (C=O) groups is 2. The Balaban J connectivity index is 2.20. The summed E-state index contributed by atoms with van der Waals surface area (Å²) in [4.78, 5) is 24.2. The quantitative estimate of drug-likeness (QED) is 0.859. The third-order valence-corrected chi connectivity index (χ3v) is 4.34. The van der Waals surface area contributed by atoms with Crippen LogP contribution in [0.5, 0.6) is 0 Å². The molecule has 1 N–H and O–H groups in total. The molecular formula is C20H27N3O2. The minimum atomic E-state index is -0.148. The SMILES string of the molecule is CCC(=O)Nc1ccc(C(=O)n2nc(C)c(CCC(C)C)c2C)cc1. The van der Waals surface area contributed by atoms with Gasteiger partial charge in [-0.2, -0.15) is 5.10 Å². The molecule has 0 bridgehead atoms. The summed E-state index contributed by atoms with van der Waals surface area (Å²) < 4.78 is 1.49. The number of nitrogens with one attached hydrogen (secondary N) is 1. The fourth-order valence-corrected chi connectivity index (χ4v) is 2.74. The molecule has 0 radical (unpaired) electrons. The van der Waals surface area contributed by atoms with E-state index in [0.717, 1.165) is 29.8 Å². The topological polar surface area (TPSA) is 64.0 Å². The van der Waals surface area contributed by atoms with Crippen LogP contribution in [0.3, 0.4) is 0 Å². The molecule has 0 unspecified atom stereocenters. The second kappa shape index (κ2) is 8.10. The molecule has 0 atom stereocenters. The van der Waals surface area contributed by atoms with Gasteiger partial charge in [0.15, 0.2) is 0 Å². The van der Waals surface area contributed by atoms with Gasteiger partial charge < -0.3 is 5.32 Å².